The third-order valence-electron chi connectivity index (χ3n) is 5.37. The molecule has 1 saturated heterocycles. The van der Waals surface area contributed by atoms with E-state index in [1.165, 1.54) is 29.8 Å². The molecular weight excluding hydrogens is 272 g/mol. The molecule has 3 nitrogen and oxygen atoms in total. The number of aromatic nitrogens is 1. The van der Waals surface area contributed by atoms with Gasteiger partial charge in [0.1, 0.15) is 6.54 Å². The molecule has 0 radical (unpaired) electrons. The number of fused-ring (bicyclic) bond motifs is 4. The van der Waals surface area contributed by atoms with Crippen molar-refractivity contribution in [2.75, 3.05) is 13.1 Å². The Labute approximate surface area is 131 Å². The van der Waals surface area contributed by atoms with E-state index in [1.54, 1.807) is 11.0 Å². The highest BCUT2D eigenvalue weighted by Gasteiger charge is 2.37. The molecule has 1 aromatic heterocycles. The number of hydrogen-bond acceptors (Lipinski definition) is 1. The van der Waals surface area contributed by atoms with E-state index in [2.05, 4.69) is 37.3 Å². The highest BCUT2D eigenvalue weighted by atomic mass is 16.1. The molecule has 22 heavy (non-hydrogen) atoms. The van der Waals surface area contributed by atoms with Gasteiger partial charge in [-0.3, -0.25) is 4.79 Å². The molecule has 4 rings (SSSR count). The minimum absolute atomic E-state index is 0.176. The number of rotatable bonds is 2. The minimum atomic E-state index is 0.176. The fourth-order valence-corrected chi connectivity index (χ4v) is 4.34. The van der Waals surface area contributed by atoms with Gasteiger partial charge in [-0.2, -0.15) is 0 Å². The van der Waals surface area contributed by atoms with Crippen molar-refractivity contribution in [3.63, 3.8) is 0 Å². The van der Waals surface area contributed by atoms with Crippen LogP contribution in [0.1, 0.15) is 29.2 Å². The van der Waals surface area contributed by atoms with E-state index in [1.807, 2.05) is 10.6 Å². The van der Waals surface area contributed by atoms with Crippen molar-refractivity contribution in [1.29, 1.82) is 0 Å². The summed E-state index contributed by atoms with van der Waals surface area (Å²) in [5.41, 5.74) is 4.28. The highest BCUT2D eigenvalue weighted by Crippen LogP contribution is 2.30. The summed E-state index contributed by atoms with van der Waals surface area (Å²) >= 11 is 0. The molecule has 0 spiro atoms. The van der Waals surface area contributed by atoms with Gasteiger partial charge in [0.05, 0.1) is 13.1 Å². The number of aryl methyl sites for hydroxylation is 1. The Bertz CT molecular complexity index is 749. The molecule has 2 aromatic rings. The largest absolute Gasteiger partial charge is 0.330 e. The Morgan fingerprint density at radius 2 is 2.00 bits per heavy atom. The van der Waals surface area contributed by atoms with E-state index in [0.29, 0.717) is 11.8 Å². The standard InChI is InChI=1S/C19H22N2O/c1-14-5-2-3-6-16(14)12-20-10-15-9-17(13-20)18-7-4-8-19(22)21(18)11-15/h2-8,15,17H,9-13H2,1H3/p+1/t15-,17+/m0/s1. The molecule has 1 N–H and O–H groups in total. The number of piperidine rings is 1. The Kier molecular flexibility index (Phi) is 3.38. The maximum absolute atomic E-state index is 12.1. The van der Waals surface area contributed by atoms with E-state index in [0.717, 1.165) is 19.6 Å². The number of benzene rings is 1. The fraction of sp³-hybridized carbons (Fsp3) is 0.421. The van der Waals surface area contributed by atoms with Crippen molar-refractivity contribution in [3.05, 3.63) is 69.6 Å². The fourth-order valence-electron chi connectivity index (χ4n) is 4.34. The Morgan fingerprint density at radius 1 is 1.14 bits per heavy atom. The number of nitrogens with zero attached hydrogens (tertiary/aromatic N) is 1. The SMILES string of the molecule is Cc1ccccc1C[NH+]1C[C@@H]2C[C@H](C1)c1cccc(=O)n1C2. The van der Waals surface area contributed by atoms with Gasteiger partial charge in [0.25, 0.3) is 5.56 Å². The maximum Gasteiger partial charge on any atom is 0.250 e. The van der Waals surface area contributed by atoms with Gasteiger partial charge in [0.15, 0.2) is 0 Å². The van der Waals surface area contributed by atoms with Gasteiger partial charge in [-0.25, -0.2) is 0 Å². The zero-order valence-corrected chi connectivity index (χ0v) is 13.1. The van der Waals surface area contributed by atoms with E-state index in [4.69, 9.17) is 0 Å². The van der Waals surface area contributed by atoms with Gasteiger partial charge in [0, 0.05) is 35.7 Å². The third-order valence-corrected chi connectivity index (χ3v) is 5.37. The van der Waals surface area contributed by atoms with Crippen molar-refractivity contribution >= 4 is 0 Å². The summed E-state index contributed by atoms with van der Waals surface area (Å²) < 4.78 is 2.02. The molecule has 1 aromatic carbocycles. The van der Waals surface area contributed by atoms with Gasteiger partial charge >= 0.3 is 0 Å². The van der Waals surface area contributed by atoms with Crippen LogP contribution < -0.4 is 10.5 Å². The van der Waals surface area contributed by atoms with Crippen LogP contribution in [0.2, 0.25) is 0 Å². The first-order valence-electron chi connectivity index (χ1n) is 8.28. The monoisotopic (exact) mass is 295 g/mol. The molecule has 1 fully saturated rings. The summed E-state index contributed by atoms with van der Waals surface area (Å²) in [5, 5.41) is 0. The molecule has 2 aliphatic rings. The summed E-state index contributed by atoms with van der Waals surface area (Å²) in [5.74, 6) is 1.19. The highest BCUT2D eigenvalue weighted by molar-refractivity contribution is 5.24. The Balaban J connectivity index is 1.59. The predicted octanol–water partition coefficient (Wildman–Crippen LogP) is 1.36. The van der Waals surface area contributed by atoms with Gasteiger partial charge < -0.3 is 9.47 Å². The summed E-state index contributed by atoms with van der Waals surface area (Å²) in [6.07, 6.45) is 1.25. The van der Waals surface area contributed by atoms with Crippen LogP contribution in [0.5, 0.6) is 0 Å². The van der Waals surface area contributed by atoms with E-state index in [-0.39, 0.29) is 5.56 Å². The van der Waals surface area contributed by atoms with Gasteiger partial charge in [-0.15, -0.1) is 0 Å². The lowest BCUT2D eigenvalue weighted by molar-refractivity contribution is -0.924. The molecule has 114 valence electrons. The summed E-state index contributed by atoms with van der Waals surface area (Å²) in [6.45, 7) is 6.55. The van der Waals surface area contributed by atoms with Crippen molar-refractivity contribution in [3.8, 4) is 0 Å². The third kappa shape index (κ3) is 2.40. The van der Waals surface area contributed by atoms with Gasteiger partial charge in [-0.1, -0.05) is 30.3 Å². The molecule has 2 aliphatic heterocycles. The molecule has 2 bridgehead atoms. The van der Waals surface area contributed by atoms with Crippen LogP contribution in [0.15, 0.2) is 47.3 Å². The molecule has 0 saturated carbocycles. The molecular formula is C19H23N2O+. The second kappa shape index (κ2) is 5.40. The first-order chi connectivity index (χ1) is 10.7. The van der Waals surface area contributed by atoms with Crippen LogP contribution in [0.3, 0.4) is 0 Å². The number of quaternary nitrogens is 1. The first-order valence-corrected chi connectivity index (χ1v) is 8.28. The summed E-state index contributed by atoms with van der Waals surface area (Å²) in [6, 6.07) is 14.5. The lowest BCUT2D eigenvalue weighted by Crippen LogP contribution is -3.13. The molecule has 3 heterocycles. The lowest BCUT2D eigenvalue weighted by Gasteiger charge is -2.40. The van der Waals surface area contributed by atoms with Crippen LogP contribution in [0, 0.1) is 12.8 Å². The quantitative estimate of drug-likeness (QED) is 0.890. The van der Waals surface area contributed by atoms with Crippen molar-refractivity contribution in [2.45, 2.75) is 32.4 Å². The average Bonchev–Trinajstić information content (AvgIpc) is 2.51. The van der Waals surface area contributed by atoms with E-state index < -0.39 is 0 Å². The maximum atomic E-state index is 12.1. The summed E-state index contributed by atoms with van der Waals surface area (Å²) in [4.78, 5) is 13.7. The van der Waals surface area contributed by atoms with Gasteiger partial charge in [0.2, 0.25) is 0 Å². The second-order valence-corrected chi connectivity index (χ2v) is 6.96. The van der Waals surface area contributed by atoms with Crippen LogP contribution in [-0.4, -0.2) is 17.7 Å². The lowest BCUT2D eigenvalue weighted by atomic mass is 9.83. The number of hydrogen-bond donors (Lipinski definition) is 1. The molecule has 3 heteroatoms. The zero-order chi connectivity index (χ0) is 15.1. The normalized spacial score (nSPS) is 26.5. The van der Waals surface area contributed by atoms with Crippen LogP contribution in [-0.2, 0) is 13.1 Å². The van der Waals surface area contributed by atoms with Gasteiger partial charge in [-0.05, 0) is 25.0 Å². The smallest absolute Gasteiger partial charge is 0.250 e. The zero-order valence-electron chi connectivity index (χ0n) is 13.1. The molecule has 1 unspecified atom stereocenters. The Hall–Kier alpha value is -1.87. The number of pyridine rings is 1. The van der Waals surface area contributed by atoms with E-state index >= 15 is 0 Å². The van der Waals surface area contributed by atoms with E-state index in [9.17, 15) is 4.79 Å². The van der Waals surface area contributed by atoms with Crippen molar-refractivity contribution < 1.29 is 4.90 Å². The number of nitrogens with one attached hydrogen (secondary N) is 1. The van der Waals surface area contributed by atoms with Crippen molar-refractivity contribution in [2.24, 2.45) is 5.92 Å². The topological polar surface area (TPSA) is 26.4 Å². The second-order valence-electron chi connectivity index (χ2n) is 6.96. The minimum Gasteiger partial charge on any atom is -0.330 e. The van der Waals surface area contributed by atoms with Crippen molar-refractivity contribution in [1.82, 2.24) is 4.57 Å². The average molecular weight is 295 g/mol. The Morgan fingerprint density at radius 3 is 2.86 bits per heavy atom. The van der Waals surface area contributed by atoms with Crippen LogP contribution in [0.4, 0.5) is 0 Å². The molecule has 0 amide bonds. The summed E-state index contributed by atoms with van der Waals surface area (Å²) in [7, 11) is 0. The molecule has 0 aliphatic carbocycles. The van der Waals surface area contributed by atoms with Crippen LogP contribution in [0.25, 0.3) is 0 Å². The molecule has 3 atom stereocenters. The number of likely N-dealkylation sites (tertiary alicyclic amines) is 1. The van der Waals surface area contributed by atoms with Crippen LogP contribution >= 0.6 is 0 Å². The predicted molar refractivity (Wildman–Crippen MR) is 87.1 cm³/mol. The first kappa shape index (κ1) is 13.8.